The van der Waals surface area contributed by atoms with Crippen LogP contribution in [0.5, 0.6) is 0 Å². The highest BCUT2D eigenvalue weighted by Crippen LogP contribution is 2.21. The Morgan fingerprint density at radius 3 is 2.92 bits per heavy atom. The van der Waals surface area contributed by atoms with Gasteiger partial charge in [0.2, 0.25) is 11.8 Å². The Morgan fingerprint density at radius 2 is 2.20 bits per heavy atom. The Kier molecular flexibility index (Phi) is 5.35. The summed E-state index contributed by atoms with van der Waals surface area (Å²) in [5.41, 5.74) is 0.718. The summed E-state index contributed by atoms with van der Waals surface area (Å²) in [6, 6.07) is 1.60. The monoisotopic (exact) mass is 347 g/mol. The molecule has 0 aliphatic carbocycles. The third-order valence-electron chi connectivity index (χ3n) is 4.97. The summed E-state index contributed by atoms with van der Waals surface area (Å²) in [7, 11) is 1.63. The molecule has 0 bridgehead atoms. The molecule has 2 fully saturated rings. The lowest BCUT2D eigenvalue weighted by molar-refractivity contribution is -0.128. The molecular weight excluding hydrogens is 322 g/mol. The van der Waals surface area contributed by atoms with Gasteiger partial charge in [-0.05, 0) is 18.8 Å². The molecule has 0 saturated carbocycles. The van der Waals surface area contributed by atoms with Crippen molar-refractivity contribution in [3.8, 4) is 0 Å². The highest BCUT2D eigenvalue weighted by atomic mass is 16.2. The Hall–Kier alpha value is -2.38. The molecule has 25 heavy (non-hydrogen) atoms. The second-order valence-corrected chi connectivity index (χ2v) is 6.81. The van der Waals surface area contributed by atoms with Gasteiger partial charge < -0.3 is 15.1 Å². The van der Waals surface area contributed by atoms with Crippen molar-refractivity contribution in [3.05, 3.63) is 22.6 Å². The first-order valence-electron chi connectivity index (χ1n) is 8.85. The molecular formula is C17H25N5O3. The number of carbonyl (C=O) groups is 2. The molecule has 2 amide bonds. The predicted molar refractivity (Wildman–Crippen MR) is 93.2 cm³/mol. The fourth-order valence-corrected chi connectivity index (χ4v) is 3.39. The number of carbonyl (C=O) groups excluding carboxylic acids is 2. The third kappa shape index (κ3) is 4.37. The molecule has 1 aromatic heterocycles. The minimum Gasteiger partial charge on any atom is -0.370 e. The van der Waals surface area contributed by atoms with Crippen LogP contribution in [0.15, 0.2) is 17.1 Å². The van der Waals surface area contributed by atoms with Crippen LogP contribution < -0.4 is 15.8 Å². The average Bonchev–Trinajstić information content (AvgIpc) is 3.22. The number of hydrogen-bond acceptors (Lipinski definition) is 5. The normalized spacial score (nSPS) is 20.4. The number of amides is 2. The van der Waals surface area contributed by atoms with Gasteiger partial charge in [0.1, 0.15) is 0 Å². The fourth-order valence-electron chi connectivity index (χ4n) is 3.39. The van der Waals surface area contributed by atoms with Crippen molar-refractivity contribution >= 4 is 17.5 Å². The summed E-state index contributed by atoms with van der Waals surface area (Å²) in [5, 5.41) is 7.02. The molecule has 1 aromatic rings. The summed E-state index contributed by atoms with van der Waals surface area (Å²) in [5.74, 6) is 0.511. The Morgan fingerprint density at radius 1 is 1.36 bits per heavy atom. The van der Waals surface area contributed by atoms with Crippen LogP contribution >= 0.6 is 0 Å². The van der Waals surface area contributed by atoms with E-state index >= 15 is 0 Å². The van der Waals surface area contributed by atoms with Gasteiger partial charge in [-0.15, -0.1) is 0 Å². The van der Waals surface area contributed by atoms with E-state index in [-0.39, 0.29) is 17.4 Å². The Labute approximate surface area is 146 Å². The van der Waals surface area contributed by atoms with Gasteiger partial charge in [-0.25, -0.2) is 4.68 Å². The average molecular weight is 347 g/mol. The molecule has 8 nitrogen and oxygen atoms in total. The highest BCUT2D eigenvalue weighted by molar-refractivity contribution is 5.80. The first kappa shape index (κ1) is 17.4. The van der Waals surface area contributed by atoms with E-state index in [4.69, 9.17) is 0 Å². The first-order valence-corrected chi connectivity index (χ1v) is 8.85. The Bertz CT molecular complexity index is 702. The molecule has 8 heteroatoms. The van der Waals surface area contributed by atoms with Crippen molar-refractivity contribution in [1.29, 1.82) is 0 Å². The maximum Gasteiger partial charge on any atom is 0.268 e. The van der Waals surface area contributed by atoms with Crippen LogP contribution in [-0.2, 0) is 16.6 Å². The molecule has 2 aliphatic rings. The van der Waals surface area contributed by atoms with Gasteiger partial charge in [0, 0.05) is 58.7 Å². The quantitative estimate of drug-likeness (QED) is 0.766. The topological polar surface area (TPSA) is 87.5 Å². The highest BCUT2D eigenvalue weighted by Gasteiger charge is 2.24. The molecule has 1 atom stereocenters. The van der Waals surface area contributed by atoms with E-state index in [0.29, 0.717) is 31.8 Å². The minimum absolute atomic E-state index is 0.00611. The van der Waals surface area contributed by atoms with E-state index in [9.17, 15) is 14.4 Å². The summed E-state index contributed by atoms with van der Waals surface area (Å²) >= 11 is 0. The van der Waals surface area contributed by atoms with Crippen molar-refractivity contribution in [1.82, 2.24) is 20.0 Å². The zero-order valence-electron chi connectivity index (χ0n) is 14.6. The summed E-state index contributed by atoms with van der Waals surface area (Å²) in [6.45, 7) is 3.58. The zero-order valence-corrected chi connectivity index (χ0v) is 14.6. The number of aryl methyl sites for hydroxylation is 1. The molecule has 0 aromatic carbocycles. The molecule has 0 spiro atoms. The fraction of sp³-hybridized carbons (Fsp3) is 0.647. The largest absolute Gasteiger partial charge is 0.370 e. The summed E-state index contributed by atoms with van der Waals surface area (Å²) in [4.78, 5) is 39.1. The molecule has 0 radical (unpaired) electrons. The third-order valence-corrected chi connectivity index (χ3v) is 4.97. The number of anilines is 1. The van der Waals surface area contributed by atoms with Crippen LogP contribution in [0.1, 0.15) is 25.7 Å². The molecule has 0 unspecified atom stereocenters. The summed E-state index contributed by atoms with van der Waals surface area (Å²) < 4.78 is 1.31. The maximum absolute atomic E-state index is 12.0. The smallest absolute Gasteiger partial charge is 0.268 e. The molecule has 1 N–H and O–H groups in total. The van der Waals surface area contributed by atoms with Crippen LogP contribution in [0.3, 0.4) is 0 Å². The number of likely N-dealkylation sites (tertiary alicyclic amines) is 1. The van der Waals surface area contributed by atoms with Gasteiger partial charge in [0.15, 0.2) is 0 Å². The standard InChI is InChI=1S/C17H25N5O3/c1-20-17(25)9-14(11-19-20)22-7-4-13(12-22)10-18-15(23)5-8-21-6-2-3-16(21)24/h9,11,13H,2-8,10,12H2,1H3,(H,18,23)/t13-/m0/s1. The number of rotatable bonds is 6. The van der Waals surface area contributed by atoms with Crippen molar-refractivity contribution in [3.63, 3.8) is 0 Å². The van der Waals surface area contributed by atoms with E-state index in [2.05, 4.69) is 15.3 Å². The second kappa shape index (κ2) is 7.67. The number of nitrogens with zero attached hydrogens (tertiary/aromatic N) is 4. The minimum atomic E-state index is -0.120. The van der Waals surface area contributed by atoms with Crippen molar-refractivity contribution in [2.45, 2.75) is 25.7 Å². The van der Waals surface area contributed by atoms with Crippen molar-refractivity contribution in [2.24, 2.45) is 13.0 Å². The molecule has 2 aliphatic heterocycles. The van der Waals surface area contributed by atoms with Gasteiger partial charge >= 0.3 is 0 Å². The van der Waals surface area contributed by atoms with E-state index in [0.717, 1.165) is 38.2 Å². The van der Waals surface area contributed by atoms with Gasteiger partial charge in [-0.3, -0.25) is 14.4 Å². The zero-order chi connectivity index (χ0) is 17.8. The predicted octanol–water partition coefficient (Wildman–Crippen LogP) is -0.265. The SMILES string of the molecule is Cn1ncc(N2CC[C@@H](CNC(=O)CCN3CCCC3=O)C2)cc1=O. The lowest BCUT2D eigenvalue weighted by atomic mass is 10.1. The first-order chi connectivity index (χ1) is 12.0. The van der Waals surface area contributed by atoms with E-state index in [1.165, 1.54) is 4.68 Å². The van der Waals surface area contributed by atoms with Crippen LogP contribution in [0.2, 0.25) is 0 Å². The number of aromatic nitrogens is 2. The lowest BCUT2D eigenvalue weighted by Gasteiger charge is -2.18. The van der Waals surface area contributed by atoms with E-state index < -0.39 is 0 Å². The molecule has 2 saturated heterocycles. The van der Waals surface area contributed by atoms with Gasteiger partial charge in [-0.1, -0.05) is 0 Å². The van der Waals surface area contributed by atoms with E-state index in [1.54, 1.807) is 24.2 Å². The van der Waals surface area contributed by atoms with E-state index in [1.807, 2.05) is 0 Å². The van der Waals surface area contributed by atoms with Crippen molar-refractivity contribution < 1.29 is 9.59 Å². The van der Waals surface area contributed by atoms with Crippen LogP contribution in [-0.4, -0.2) is 59.2 Å². The molecule has 3 rings (SSSR count). The van der Waals surface area contributed by atoms with Gasteiger partial charge in [0.05, 0.1) is 11.9 Å². The van der Waals surface area contributed by atoms with Crippen LogP contribution in [0.25, 0.3) is 0 Å². The van der Waals surface area contributed by atoms with Crippen molar-refractivity contribution in [2.75, 3.05) is 37.6 Å². The van der Waals surface area contributed by atoms with Crippen LogP contribution in [0, 0.1) is 5.92 Å². The lowest BCUT2D eigenvalue weighted by Crippen LogP contribution is -2.34. The molecule has 136 valence electrons. The van der Waals surface area contributed by atoms with Crippen LogP contribution in [0.4, 0.5) is 5.69 Å². The maximum atomic E-state index is 12.0. The Balaban J connectivity index is 1.40. The number of nitrogens with one attached hydrogen (secondary N) is 1. The number of hydrogen-bond donors (Lipinski definition) is 1. The van der Waals surface area contributed by atoms with Gasteiger partial charge in [-0.2, -0.15) is 5.10 Å². The molecule has 3 heterocycles. The summed E-state index contributed by atoms with van der Waals surface area (Å²) in [6.07, 6.45) is 4.54. The van der Waals surface area contributed by atoms with Gasteiger partial charge in [0.25, 0.3) is 5.56 Å². The second-order valence-electron chi connectivity index (χ2n) is 6.81.